The molecule has 0 aliphatic carbocycles. The monoisotopic (exact) mass is 830 g/mol. The molecule has 2 amide bonds. The summed E-state index contributed by atoms with van der Waals surface area (Å²) in [7, 11) is -1.78. The van der Waals surface area contributed by atoms with E-state index in [1.54, 1.807) is 37.8 Å². The fourth-order valence-electron chi connectivity index (χ4n) is 6.44. The van der Waals surface area contributed by atoms with E-state index in [1.807, 2.05) is 6.08 Å². The summed E-state index contributed by atoms with van der Waals surface area (Å²) in [5.41, 5.74) is -0.773. The maximum atomic E-state index is 15.4. The van der Waals surface area contributed by atoms with Gasteiger partial charge in [0.2, 0.25) is 0 Å². The summed E-state index contributed by atoms with van der Waals surface area (Å²) in [6, 6.07) is 13.1. The number of halogens is 2. The van der Waals surface area contributed by atoms with Crippen molar-refractivity contribution < 1.29 is 41.1 Å². The van der Waals surface area contributed by atoms with Crippen LogP contribution in [0.4, 0.5) is 19.3 Å². The van der Waals surface area contributed by atoms with Crippen molar-refractivity contribution in [2.24, 2.45) is 7.05 Å². The molecule has 0 radical (unpaired) electrons. The van der Waals surface area contributed by atoms with Crippen LogP contribution in [0.25, 0.3) is 22.2 Å². The SMILES string of the molecule is COC(=O)[C@H](Cc1ccc(-n2c(=O)c3ccncc3n(C)c2=O)cc1)NC(=O)c1c(F)cc(NS(=O)(=O)c2ccc(C3=CCN(C(=O)OC(C)(C)C)CC3)cc2)cc1F. The maximum Gasteiger partial charge on any atom is 0.410 e. The van der Waals surface area contributed by atoms with E-state index in [4.69, 9.17) is 9.47 Å². The lowest BCUT2D eigenvalue weighted by molar-refractivity contribution is -0.142. The number of methoxy groups -OCH3 is 1. The predicted octanol–water partition coefficient (Wildman–Crippen LogP) is 4.70. The molecule has 2 N–H and O–H groups in total. The van der Waals surface area contributed by atoms with Crippen LogP contribution < -0.4 is 21.3 Å². The van der Waals surface area contributed by atoms with Crippen molar-refractivity contribution in [3.05, 3.63) is 134 Å². The molecule has 0 unspecified atom stereocenters. The molecule has 1 aliphatic heterocycles. The van der Waals surface area contributed by atoms with Gasteiger partial charge in [0.1, 0.15) is 28.8 Å². The molecule has 308 valence electrons. The number of amides is 2. The third-order valence-electron chi connectivity index (χ3n) is 9.42. The maximum absolute atomic E-state index is 15.4. The molecule has 2 aromatic heterocycles. The fourth-order valence-corrected chi connectivity index (χ4v) is 7.48. The molecule has 0 spiro atoms. The zero-order chi connectivity index (χ0) is 42.8. The van der Waals surface area contributed by atoms with Gasteiger partial charge in [0, 0.05) is 32.8 Å². The highest BCUT2D eigenvalue weighted by molar-refractivity contribution is 7.92. The number of sulfonamides is 1. The van der Waals surface area contributed by atoms with Crippen molar-refractivity contribution in [1.29, 1.82) is 0 Å². The summed E-state index contributed by atoms with van der Waals surface area (Å²) in [5, 5.41) is 2.54. The quantitative estimate of drug-likeness (QED) is 0.187. The Morgan fingerprint density at radius 2 is 1.63 bits per heavy atom. The van der Waals surface area contributed by atoms with Gasteiger partial charge in [0.05, 0.1) is 40.5 Å². The predicted molar refractivity (Wildman–Crippen MR) is 214 cm³/mol. The lowest BCUT2D eigenvalue weighted by Gasteiger charge is -2.29. The van der Waals surface area contributed by atoms with Crippen LogP contribution in [-0.4, -0.2) is 77.2 Å². The fraction of sp³-hybridized carbons (Fsp3) is 0.268. The van der Waals surface area contributed by atoms with E-state index in [-0.39, 0.29) is 22.4 Å². The van der Waals surface area contributed by atoms with Crippen LogP contribution in [0.5, 0.6) is 0 Å². The average molecular weight is 831 g/mol. The van der Waals surface area contributed by atoms with Gasteiger partial charge in [-0.3, -0.25) is 23.9 Å². The average Bonchev–Trinajstić information content (AvgIpc) is 3.19. The van der Waals surface area contributed by atoms with E-state index in [0.717, 1.165) is 22.8 Å². The van der Waals surface area contributed by atoms with Gasteiger partial charge in [-0.2, -0.15) is 0 Å². The topological polar surface area (TPSA) is 188 Å². The van der Waals surface area contributed by atoms with Crippen molar-refractivity contribution in [2.75, 3.05) is 24.9 Å². The van der Waals surface area contributed by atoms with E-state index in [9.17, 15) is 32.4 Å². The standard InChI is InChI=1S/C41H40F2N6O9S/c1-41(2,3)58-40(54)48-18-15-26(16-19-48)25-8-12-29(13-9-25)59(55,56)46-27-21-31(42)35(32(43)22-27)36(50)45-33(38(52)57-5)20-24-6-10-28(11-7-24)49-37(51)30-14-17-44-23-34(30)47(4)39(49)53/h6-15,17,21-23,33,46H,16,18-20H2,1-5H3,(H,45,50)/t33-/m0/s1. The van der Waals surface area contributed by atoms with Crippen LogP contribution in [0.15, 0.2) is 99.7 Å². The van der Waals surface area contributed by atoms with Crippen molar-refractivity contribution in [1.82, 2.24) is 24.3 Å². The first-order valence-corrected chi connectivity index (χ1v) is 19.7. The molecule has 18 heteroatoms. The highest BCUT2D eigenvalue weighted by Crippen LogP contribution is 2.27. The number of hydrogen-bond acceptors (Lipinski definition) is 10. The lowest BCUT2D eigenvalue weighted by atomic mass is 10.00. The van der Waals surface area contributed by atoms with Gasteiger partial charge in [-0.15, -0.1) is 0 Å². The first kappa shape index (κ1) is 41.9. The number of aromatic nitrogens is 3. The van der Waals surface area contributed by atoms with Gasteiger partial charge in [-0.05, 0) is 86.4 Å². The molecule has 15 nitrogen and oxygen atoms in total. The number of fused-ring (bicyclic) bond motifs is 1. The summed E-state index contributed by atoms with van der Waals surface area (Å²) >= 11 is 0. The molecule has 3 aromatic carbocycles. The number of benzene rings is 3. The number of hydrogen-bond donors (Lipinski definition) is 2. The van der Waals surface area contributed by atoms with Crippen LogP contribution in [0.2, 0.25) is 0 Å². The number of esters is 1. The van der Waals surface area contributed by atoms with Gasteiger partial charge in [-0.25, -0.2) is 36.1 Å². The number of pyridine rings is 1. The molecule has 1 aliphatic rings. The van der Waals surface area contributed by atoms with Crippen LogP contribution in [0.3, 0.4) is 0 Å². The Balaban J connectivity index is 1.13. The summed E-state index contributed by atoms with van der Waals surface area (Å²) in [5.74, 6) is -5.07. The van der Waals surface area contributed by atoms with E-state index in [1.165, 1.54) is 66.5 Å². The van der Waals surface area contributed by atoms with Gasteiger partial charge < -0.3 is 19.7 Å². The third kappa shape index (κ3) is 9.22. The number of carbonyl (C=O) groups excluding carboxylic acids is 3. The molecule has 1 atom stereocenters. The Kier molecular flexibility index (Phi) is 11.8. The first-order chi connectivity index (χ1) is 27.9. The summed E-state index contributed by atoms with van der Waals surface area (Å²) in [6.45, 7) is 6.06. The molecular formula is C41H40F2N6O9S. The van der Waals surface area contributed by atoms with Crippen LogP contribution in [0.1, 0.15) is 48.7 Å². The minimum absolute atomic E-state index is 0.200. The molecule has 59 heavy (non-hydrogen) atoms. The summed E-state index contributed by atoms with van der Waals surface area (Å²) in [6.07, 6.45) is 4.55. The minimum atomic E-state index is -4.34. The number of nitrogens with zero attached hydrogens (tertiary/aromatic N) is 4. The Hall–Kier alpha value is -6.69. The molecule has 0 saturated carbocycles. The minimum Gasteiger partial charge on any atom is -0.467 e. The van der Waals surface area contributed by atoms with Crippen LogP contribution >= 0.6 is 0 Å². The van der Waals surface area contributed by atoms with Crippen molar-refractivity contribution >= 4 is 50.2 Å². The summed E-state index contributed by atoms with van der Waals surface area (Å²) < 4.78 is 71.7. The Morgan fingerprint density at radius 3 is 2.22 bits per heavy atom. The number of carbonyl (C=O) groups is 3. The lowest BCUT2D eigenvalue weighted by Crippen LogP contribution is -2.43. The smallest absolute Gasteiger partial charge is 0.410 e. The van der Waals surface area contributed by atoms with Gasteiger partial charge >= 0.3 is 17.8 Å². The Bertz CT molecular complexity index is 2700. The van der Waals surface area contributed by atoms with E-state index < -0.39 is 73.8 Å². The number of aryl methyl sites for hydroxylation is 1. The molecule has 5 aromatic rings. The van der Waals surface area contributed by atoms with Gasteiger partial charge in [-0.1, -0.05) is 30.3 Å². The molecule has 6 rings (SSSR count). The zero-order valence-electron chi connectivity index (χ0n) is 32.6. The number of anilines is 1. The molecule has 0 saturated heterocycles. The van der Waals surface area contributed by atoms with Crippen molar-refractivity contribution in [3.63, 3.8) is 0 Å². The number of rotatable bonds is 10. The third-order valence-corrected chi connectivity index (χ3v) is 10.8. The Morgan fingerprint density at radius 1 is 0.966 bits per heavy atom. The van der Waals surface area contributed by atoms with Gasteiger partial charge in [0.15, 0.2) is 0 Å². The molecular weight excluding hydrogens is 791 g/mol. The number of ether oxygens (including phenoxy) is 2. The van der Waals surface area contributed by atoms with E-state index in [0.29, 0.717) is 42.7 Å². The molecule has 3 heterocycles. The Labute approximate surface area is 336 Å². The van der Waals surface area contributed by atoms with E-state index >= 15 is 8.78 Å². The zero-order valence-corrected chi connectivity index (χ0v) is 33.4. The normalized spacial score (nSPS) is 13.7. The highest BCUT2D eigenvalue weighted by atomic mass is 32.2. The second kappa shape index (κ2) is 16.7. The van der Waals surface area contributed by atoms with Crippen molar-refractivity contribution in [2.45, 2.75) is 50.2 Å². The van der Waals surface area contributed by atoms with Gasteiger partial charge in [0.25, 0.3) is 21.5 Å². The number of nitrogens with one attached hydrogen (secondary N) is 2. The second-order valence-electron chi connectivity index (χ2n) is 14.6. The van der Waals surface area contributed by atoms with Crippen LogP contribution in [0, 0.1) is 11.6 Å². The van der Waals surface area contributed by atoms with Crippen LogP contribution in [-0.2, 0) is 37.8 Å². The second-order valence-corrected chi connectivity index (χ2v) is 16.3. The van der Waals surface area contributed by atoms with E-state index in [2.05, 4.69) is 15.0 Å². The van der Waals surface area contributed by atoms with Crippen molar-refractivity contribution in [3.8, 4) is 5.69 Å². The summed E-state index contributed by atoms with van der Waals surface area (Å²) in [4.78, 5) is 69.8. The first-order valence-electron chi connectivity index (χ1n) is 18.2. The molecule has 0 bridgehead atoms. The highest BCUT2D eigenvalue weighted by Gasteiger charge is 2.28. The largest absolute Gasteiger partial charge is 0.467 e. The molecule has 0 fully saturated rings.